The average Bonchev–Trinajstić information content (AvgIpc) is 2.82. The highest BCUT2D eigenvalue weighted by molar-refractivity contribution is 5.85. The van der Waals surface area contributed by atoms with Crippen molar-refractivity contribution in [2.45, 2.75) is 65.2 Å². The summed E-state index contributed by atoms with van der Waals surface area (Å²) in [5, 5.41) is 8.32. The van der Waals surface area contributed by atoms with Crippen LogP contribution >= 0.6 is 0 Å². The van der Waals surface area contributed by atoms with E-state index in [2.05, 4.69) is 45.3 Å². The van der Waals surface area contributed by atoms with E-state index in [1.807, 2.05) is 50.2 Å². The van der Waals surface area contributed by atoms with Gasteiger partial charge in [0.05, 0.1) is 0 Å². The molecule has 0 unspecified atom stereocenters. The van der Waals surface area contributed by atoms with E-state index in [1.165, 1.54) is 11.1 Å². The third-order valence-corrected chi connectivity index (χ3v) is 5.04. The molecule has 0 aliphatic heterocycles. The third kappa shape index (κ3) is 11.2. The van der Waals surface area contributed by atoms with Crippen LogP contribution in [0.5, 0.6) is 0 Å². The summed E-state index contributed by atoms with van der Waals surface area (Å²) in [5.74, 6) is -0.251. The maximum absolute atomic E-state index is 11.9. The van der Waals surface area contributed by atoms with Crippen LogP contribution in [0.3, 0.4) is 0 Å². The molecule has 2 aromatic rings. The molecular weight excluding hydrogens is 400 g/mol. The van der Waals surface area contributed by atoms with Gasteiger partial charge in [-0.05, 0) is 63.5 Å². The Hall–Kier alpha value is -3.28. The van der Waals surface area contributed by atoms with Crippen LogP contribution in [0, 0.1) is 0 Å². The lowest BCUT2D eigenvalue weighted by atomic mass is 10.1. The summed E-state index contributed by atoms with van der Waals surface area (Å²) in [6, 6.07) is 20.4. The van der Waals surface area contributed by atoms with Crippen LogP contribution in [0.25, 0.3) is 0 Å². The van der Waals surface area contributed by atoms with Crippen molar-refractivity contribution in [3.8, 4) is 0 Å². The van der Waals surface area contributed by atoms with Gasteiger partial charge in [0.25, 0.3) is 0 Å². The smallest absolute Gasteiger partial charge is 0.240 e. The quantitative estimate of drug-likeness (QED) is 0.270. The summed E-state index contributed by atoms with van der Waals surface area (Å²) in [6.07, 6.45) is 5.36. The minimum absolute atomic E-state index is 0.126. The molecule has 2 aromatic carbocycles. The van der Waals surface area contributed by atoms with Gasteiger partial charge in [-0.25, -0.2) is 10.9 Å². The van der Waals surface area contributed by atoms with E-state index in [4.69, 9.17) is 0 Å². The predicted octanol–water partition coefficient (Wildman–Crippen LogP) is 4.80. The number of unbranched alkanes of at least 4 members (excludes halogenated alkanes) is 1. The molecule has 0 radical (unpaired) electrons. The fraction of sp³-hybridized carbons (Fsp3) is 0.385. The Morgan fingerprint density at radius 3 is 1.38 bits per heavy atom. The number of carbonyl (C=O) groups excluding carboxylic acids is 2. The zero-order valence-corrected chi connectivity index (χ0v) is 19.1. The fourth-order valence-corrected chi connectivity index (χ4v) is 3.05. The number of amides is 2. The standard InChI is InChI=1S/C26H34N4O2/c1-21(17-19-23-11-5-3-6-12-23)27-29-25(31)15-9-10-16-26(32)30-28-22(2)18-20-24-13-7-4-8-14-24/h3-8,11-14H,9-10,15-20H2,1-2H3,(H,29,31)(H,30,32)/b27-21+,28-22+. The Balaban J connectivity index is 1.54. The summed E-state index contributed by atoms with van der Waals surface area (Å²) in [5.41, 5.74) is 9.49. The summed E-state index contributed by atoms with van der Waals surface area (Å²) < 4.78 is 0. The lowest BCUT2D eigenvalue weighted by molar-refractivity contribution is -0.123. The van der Waals surface area contributed by atoms with Gasteiger partial charge in [-0.2, -0.15) is 10.2 Å². The molecular formula is C26H34N4O2. The number of rotatable bonds is 13. The number of nitrogens with zero attached hydrogens (tertiary/aromatic N) is 2. The van der Waals surface area contributed by atoms with Crippen LogP contribution in [-0.4, -0.2) is 23.2 Å². The van der Waals surface area contributed by atoms with Crippen molar-refractivity contribution in [1.82, 2.24) is 10.9 Å². The second-order valence-corrected chi connectivity index (χ2v) is 7.94. The van der Waals surface area contributed by atoms with Crippen LogP contribution in [0.1, 0.15) is 63.5 Å². The molecule has 2 N–H and O–H groups in total. The number of hydrazone groups is 2. The molecule has 0 aromatic heterocycles. The molecule has 0 saturated heterocycles. The van der Waals surface area contributed by atoms with Gasteiger partial charge >= 0.3 is 0 Å². The van der Waals surface area contributed by atoms with Crippen molar-refractivity contribution in [1.29, 1.82) is 0 Å². The predicted molar refractivity (Wildman–Crippen MR) is 130 cm³/mol. The first kappa shape index (κ1) is 25.0. The zero-order chi connectivity index (χ0) is 23.0. The van der Waals surface area contributed by atoms with E-state index in [1.54, 1.807) is 0 Å². The monoisotopic (exact) mass is 434 g/mol. The highest BCUT2D eigenvalue weighted by atomic mass is 16.2. The molecule has 0 atom stereocenters. The second-order valence-electron chi connectivity index (χ2n) is 7.94. The third-order valence-electron chi connectivity index (χ3n) is 5.04. The van der Waals surface area contributed by atoms with Crippen molar-refractivity contribution in [3.05, 3.63) is 71.8 Å². The lowest BCUT2D eigenvalue weighted by Gasteiger charge is -2.04. The van der Waals surface area contributed by atoms with Crippen LogP contribution in [-0.2, 0) is 22.4 Å². The van der Waals surface area contributed by atoms with Gasteiger partial charge in [0.1, 0.15) is 0 Å². The first-order valence-corrected chi connectivity index (χ1v) is 11.2. The molecule has 6 heteroatoms. The first-order valence-electron chi connectivity index (χ1n) is 11.2. The minimum Gasteiger partial charge on any atom is -0.273 e. The molecule has 0 aliphatic carbocycles. The molecule has 0 saturated carbocycles. The minimum atomic E-state index is -0.126. The van der Waals surface area contributed by atoms with Crippen LogP contribution in [0.2, 0.25) is 0 Å². The van der Waals surface area contributed by atoms with Crippen molar-refractivity contribution in [3.63, 3.8) is 0 Å². The van der Waals surface area contributed by atoms with Gasteiger partial charge in [0, 0.05) is 24.3 Å². The molecule has 0 heterocycles. The van der Waals surface area contributed by atoms with Crippen LogP contribution in [0.15, 0.2) is 70.9 Å². The maximum atomic E-state index is 11.9. The molecule has 0 bridgehead atoms. The van der Waals surface area contributed by atoms with E-state index < -0.39 is 0 Å². The largest absolute Gasteiger partial charge is 0.273 e. The number of aryl methyl sites for hydroxylation is 2. The number of benzene rings is 2. The maximum Gasteiger partial charge on any atom is 0.240 e. The number of nitrogens with one attached hydrogen (secondary N) is 2. The zero-order valence-electron chi connectivity index (χ0n) is 19.1. The average molecular weight is 435 g/mol. The Labute approximate surface area is 191 Å². The Kier molecular flexibility index (Phi) is 11.5. The van der Waals surface area contributed by atoms with E-state index in [0.29, 0.717) is 25.7 Å². The van der Waals surface area contributed by atoms with Gasteiger partial charge in [-0.3, -0.25) is 9.59 Å². The Morgan fingerprint density at radius 2 is 1.00 bits per heavy atom. The molecule has 0 aliphatic rings. The van der Waals surface area contributed by atoms with Crippen molar-refractivity contribution in [2.75, 3.05) is 0 Å². The molecule has 2 rings (SSSR count). The van der Waals surface area contributed by atoms with Crippen LogP contribution in [0.4, 0.5) is 0 Å². The summed E-state index contributed by atoms with van der Waals surface area (Å²) >= 11 is 0. The fourth-order valence-electron chi connectivity index (χ4n) is 3.05. The van der Waals surface area contributed by atoms with Gasteiger partial charge in [-0.15, -0.1) is 0 Å². The van der Waals surface area contributed by atoms with Gasteiger partial charge in [0.2, 0.25) is 11.8 Å². The number of hydrogen-bond acceptors (Lipinski definition) is 4. The second kappa shape index (κ2) is 14.7. The normalized spacial score (nSPS) is 11.8. The Morgan fingerprint density at radius 1 is 0.625 bits per heavy atom. The highest BCUT2D eigenvalue weighted by Gasteiger charge is 2.04. The van der Waals surface area contributed by atoms with E-state index in [0.717, 1.165) is 37.1 Å². The van der Waals surface area contributed by atoms with Crippen molar-refractivity contribution in [2.24, 2.45) is 10.2 Å². The Bertz CT molecular complexity index is 817. The van der Waals surface area contributed by atoms with E-state index in [9.17, 15) is 9.59 Å². The molecule has 170 valence electrons. The van der Waals surface area contributed by atoms with Crippen molar-refractivity contribution < 1.29 is 9.59 Å². The topological polar surface area (TPSA) is 82.9 Å². The van der Waals surface area contributed by atoms with Crippen molar-refractivity contribution >= 4 is 23.2 Å². The number of hydrogen-bond donors (Lipinski definition) is 2. The highest BCUT2D eigenvalue weighted by Crippen LogP contribution is 2.05. The molecule has 32 heavy (non-hydrogen) atoms. The van der Waals surface area contributed by atoms with Crippen LogP contribution < -0.4 is 10.9 Å². The van der Waals surface area contributed by atoms with Gasteiger partial charge in [-0.1, -0.05) is 60.7 Å². The van der Waals surface area contributed by atoms with E-state index >= 15 is 0 Å². The lowest BCUT2D eigenvalue weighted by Crippen LogP contribution is -2.20. The van der Waals surface area contributed by atoms with Gasteiger partial charge < -0.3 is 0 Å². The summed E-state index contributed by atoms with van der Waals surface area (Å²) in [6.45, 7) is 3.83. The SMILES string of the molecule is C/C(CCc1ccccc1)=N\NC(=O)CCCCC(=O)N/N=C(\C)CCc1ccccc1. The molecule has 6 nitrogen and oxygen atoms in total. The van der Waals surface area contributed by atoms with Gasteiger partial charge in [0.15, 0.2) is 0 Å². The molecule has 0 fully saturated rings. The number of carbonyl (C=O) groups is 2. The first-order chi connectivity index (χ1) is 15.5. The molecule has 2 amide bonds. The molecule has 0 spiro atoms. The van der Waals surface area contributed by atoms with E-state index in [-0.39, 0.29) is 11.8 Å². The summed E-state index contributed by atoms with van der Waals surface area (Å²) in [4.78, 5) is 23.9. The summed E-state index contributed by atoms with van der Waals surface area (Å²) in [7, 11) is 0.